The maximum absolute atomic E-state index is 11.2. The van der Waals surface area contributed by atoms with Gasteiger partial charge in [-0.3, -0.25) is 0 Å². The minimum atomic E-state index is -0.875. The summed E-state index contributed by atoms with van der Waals surface area (Å²) in [5.41, 5.74) is 2.11. The van der Waals surface area contributed by atoms with Gasteiger partial charge in [-0.15, -0.1) is 0 Å². The second-order valence-electron chi connectivity index (χ2n) is 4.57. The van der Waals surface area contributed by atoms with Crippen molar-refractivity contribution in [3.8, 4) is 0 Å². The third kappa shape index (κ3) is 2.20. The van der Waals surface area contributed by atoms with Gasteiger partial charge in [0.25, 0.3) is 0 Å². The summed E-state index contributed by atoms with van der Waals surface area (Å²) in [6.45, 7) is 6.03. The number of nitrogens with zero attached hydrogens (tertiary/aromatic N) is 1. The lowest BCUT2D eigenvalue weighted by molar-refractivity contribution is 0.0698. The molecule has 0 bridgehead atoms. The van der Waals surface area contributed by atoms with Gasteiger partial charge < -0.3 is 15.3 Å². The molecule has 0 aliphatic carbocycles. The van der Waals surface area contributed by atoms with Crippen LogP contribution in [0.5, 0.6) is 0 Å². The van der Waals surface area contributed by atoms with E-state index in [2.05, 4.69) is 24.1 Å². The molecule has 1 aromatic carbocycles. The summed E-state index contributed by atoms with van der Waals surface area (Å²) in [6, 6.07) is 5.82. The molecule has 2 N–H and O–H groups in total. The minimum absolute atomic E-state index is 0.357. The molecule has 2 rings (SSSR count). The summed E-state index contributed by atoms with van der Waals surface area (Å²) in [6.07, 6.45) is 1.02. The Morgan fingerprint density at radius 1 is 1.47 bits per heavy atom. The fraction of sp³-hybridized carbons (Fsp3) is 0.462. The number of fused-ring (bicyclic) bond motifs is 1. The molecule has 4 heteroatoms. The zero-order chi connectivity index (χ0) is 12.4. The molecular formula is C13H18N2O2. The first kappa shape index (κ1) is 11.8. The van der Waals surface area contributed by atoms with Crippen molar-refractivity contribution in [3.63, 3.8) is 0 Å². The van der Waals surface area contributed by atoms with Crippen LogP contribution in [0.3, 0.4) is 0 Å². The minimum Gasteiger partial charge on any atom is -0.478 e. The molecule has 17 heavy (non-hydrogen) atoms. The van der Waals surface area contributed by atoms with Crippen molar-refractivity contribution in [2.24, 2.45) is 0 Å². The van der Waals surface area contributed by atoms with Crippen LogP contribution in [0.1, 0.15) is 30.6 Å². The summed E-state index contributed by atoms with van der Waals surface area (Å²) in [4.78, 5) is 13.5. The van der Waals surface area contributed by atoms with Crippen LogP contribution in [-0.4, -0.2) is 30.2 Å². The van der Waals surface area contributed by atoms with Gasteiger partial charge in [-0.1, -0.05) is 6.07 Å². The number of anilines is 2. The van der Waals surface area contributed by atoms with Gasteiger partial charge in [0, 0.05) is 19.1 Å². The van der Waals surface area contributed by atoms with Crippen molar-refractivity contribution in [2.45, 2.75) is 26.3 Å². The van der Waals surface area contributed by atoms with Crippen LogP contribution in [-0.2, 0) is 0 Å². The van der Waals surface area contributed by atoms with E-state index < -0.39 is 5.97 Å². The molecule has 1 aromatic rings. The van der Waals surface area contributed by atoms with Gasteiger partial charge in [-0.05, 0) is 32.4 Å². The lowest BCUT2D eigenvalue weighted by Gasteiger charge is -2.29. The highest BCUT2D eigenvalue weighted by Gasteiger charge is 2.21. The molecule has 0 radical (unpaired) electrons. The highest BCUT2D eigenvalue weighted by Crippen LogP contribution is 2.32. The van der Waals surface area contributed by atoms with E-state index in [0.717, 1.165) is 30.9 Å². The average molecular weight is 234 g/mol. The lowest BCUT2D eigenvalue weighted by Crippen LogP contribution is -2.31. The lowest BCUT2D eigenvalue weighted by atomic mass is 10.1. The van der Waals surface area contributed by atoms with E-state index in [9.17, 15) is 9.90 Å². The number of aromatic carboxylic acids is 1. The van der Waals surface area contributed by atoms with E-state index in [0.29, 0.717) is 11.6 Å². The molecule has 0 fully saturated rings. The predicted molar refractivity (Wildman–Crippen MR) is 69.0 cm³/mol. The molecule has 0 saturated heterocycles. The second-order valence-corrected chi connectivity index (χ2v) is 4.57. The molecule has 0 amide bonds. The first-order chi connectivity index (χ1) is 8.11. The number of rotatable bonds is 2. The maximum atomic E-state index is 11.2. The molecule has 1 aliphatic rings. The fourth-order valence-corrected chi connectivity index (χ4v) is 2.26. The SMILES string of the molecule is CC(C)N1CCCNc2c(C(=O)O)cccc21. The van der Waals surface area contributed by atoms with Crippen LogP contribution in [0, 0.1) is 0 Å². The standard InChI is InChI=1S/C13H18N2O2/c1-9(2)15-8-4-7-14-12-10(13(16)17)5-3-6-11(12)15/h3,5-6,9,14H,4,7-8H2,1-2H3,(H,16,17). The quantitative estimate of drug-likeness (QED) is 0.825. The van der Waals surface area contributed by atoms with Crippen LogP contribution in [0.15, 0.2) is 18.2 Å². The Balaban J connectivity index is 2.52. The summed E-state index contributed by atoms with van der Waals surface area (Å²) < 4.78 is 0. The molecule has 1 aliphatic heterocycles. The van der Waals surface area contributed by atoms with Crippen LogP contribution in [0.2, 0.25) is 0 Å². The Morgan fingerprint density at radius 2 is 2.24 bits per heavy atom. The number of hydrogen-bond acceptors (Lipinski definition) is 3. The molecule has 0 atom stereocenters. The maximum Gasteiger partial charge on any atom is 0.337 e. The molecule has 0 saturated carbocycles. The molecule has 0 unspecified atom stereocenters. The molecule has 0 aromatic heterocycles. The van der Waals surface area contributed by atoms with Crippen LogP contribution < -0.4 is 10.2 Å². The number of benzene rings is 1. The van der Waals surface area contributed by atoms with Crippen molar-refractivity contribution in [2.75, 3.05) is 23.3 Å². The third-order valence-corrected chi connectivity index (χ3v) is 3.08. The summed E-state index contributed by atoms with van der Waals surface area (Å²) in [7, 11) is 0. The van der Waals surface area contributed by atoms with E-state index in [1.807, 2.05) is 12.1 Å². The number of carboxylic acids is 1. The van der Waals surface area contributed by atoms with Gasteiger partial charge >= 0.3 is 5.97 Å². The Kier molecular flexibility index (Phi) is 3.22. The van der Waals surface area contributed by atoms with Crippen molar-refractivity contribution < 1.29 is 9.90 Å². The van der Waals surface area contributed by atoms with Gasteiger partial charge in [0.05, 0.1) is 16.9 Å². The van der Waals surface area contributed by atoms with Gasteiger partial charge in [0.1, 0.15) is 0 Å². The van der Waals surface area contributed by atoms with Gasteiger partial charge in [-0.2, -0.15) is 0 Å². The van der Waals surface area contributed by atoms with E-state index in [1.165, 1.54) is 0 Å². The van der Waals surface area contributed by atoms with Crippen LogP contribution >= 0.6 is 0 Å². The van der Waals surface area contributed by atoms with E-state index in [4.69, 9.17) is 0 Å². The Bertz CT molecular complexity index is 429. The number of para-hydroxylation sites is 1. The number of nitrogens with one attached hydrogen (secondary N) is 1. The van der Waals surface area contributed by atoms with Crippen molar-refractivity contribution in [1.29, 1.82) is 0 Å². The second kappa shape index (κ2) is 4.65. The normalized spacial score (nSPS) is 15.1. The average Bonchev–Trinajstić information content (AvgIpc) is 2.49. The Labute approximate surface area is 101 Å². The van der Waals surface area contributed by atoms with E-state index >= 15 is 0 Å². The Hall–Kier alpha value is -1.71. The van der Waals surface area contributed by atoms with Crippen LogP contribution in [0.25, 0.3) is 0 Å². The van der Waals surface area contributed by atoms with Gasteiger partial charge in [-0.25, -0.2) is 4.79 Å². The first-order valence-electron chi connectivity index (χ1n) is 5.98. The summed E-state index contributed by atoms with van der Waals surface area (Å²) in [5.74, 6) is -0.875. The predicted octanol–water partition coefficient (Wildman–Crippen LogP) is 2.42. The van der Waals surface area contributed by atoms with E-state index in [-0.39, 0.29) is 0 Å². The van der Waals surface area contributed by atoms with E-state index in [1.54, 1.807) is 6.07 Å². The van der Waals surface area contributed by atoms with Gasteiger partial charge in [0.2, 0.25) is 0 Å². The zero-order valence-corrected chi connectivity index (χ0v) is 10.2. The monoisotopic (exact) mass is 234 g/mol. The zero-order valence-electron chi connectivity index (χ0n) is 10.2. The molecule has 0 spiro atoms. The largest absolute Gasteiger partial charge is 0.478 e. The highest BCUT2D eigenvalue weighted by molar-refractivity contribution is 5.98. The highest BCUT2D eigenvalue weighted by atomic mass is 16.4. The summed E-state index contributed by atoms with van der Waals surface area (Å²) in [5, 5.41) is 12.4. The Morgan fingerprint density at radius 3 is 2.88 bits per heavy atom. The molecule has 4 nitrogen and oxygen atoms in total. The van der Waals surface area contributed by atoms with Gasteiger partial charge in [0.15, 0.2) is 0 Å². The number of hydrogen-bond donors (Lipinski definition) is 2. The van der Waals surface area contributed by atoms with Crippen molar-refractivity contribution >= 4 is 17.3 Å². The number of carbonyl (C=O) groups is 1. The smallest absolute Gasteiger partial charge is 0.337 e. The third-order valence-electron chi connectivity index (χ3n) is 3.08. The topological polar surface area (TPSA) is 52.6 Å². The van der Waals surface area contributed by atoms with Crippen molar-refractivity contribution in [1.82, 2.24) is 0 Å². The number of carboxylic acid groups (broad SMARTS) is 1. The van der Waals surface area contributed by atoms with Crippen LogP contribution in [0.4, 0.5) is 11.4 Å². The molecule has 1 heterocycles. The first-order valence-corrected chi connectivity index (χ1v) is 5.98. The fourth-order valence-electron chi connectivity index (χ4n) is 2.26. The molecular weight excluding hydrogens is 216 g/mol. The summed E-state index contributed by atoms with van der Waals surface area (Å²) >= 11 is 0. The van der Waals surface area contributed by atoms with Crippen molar-refractivity contribution in [3.05, 3.63) is 23.8 Å². The molecule has 92 valence electrons.